The summed E-state index contributed by atoms with van der Waals surface area (Å²) in [5, 5.41) is 0.491. The number of benzene rings is 3. The van der Waals surface area contributed by atoms with Gasteiger partial charge in [0.1, 0.15) is 0 Å². The maximum Gasteiger partial charge on any atom is 0.241 e. The Bertz CT molecular complexity index is 1380. The van der Waals surface area contributed by atoms with Crippen molar-refractivity contribution in [2.24, 2.45) is 11.8 Å². The molecular weight excluding hydrogens is 466 g/mol. The normalized spacial score (nSPS) is 24.4. The third-order valence-electron chi connectivity index (χ3n) is 7.32. The van der Waals surface area contributed by atoms with Gasteiger partial charge in [0.05, 0.1) is 23.6 Å². The molecule has 3 aromatic carbocycles. The Morgan fingerprint density at radius 3 is 2.00 bits per heavy atom. The highest BCUT2D eigenvalue weighted by atomic mass is 35.5. The average molecular weight is 486 g/mol. The summed E-state index contributed by atoms with van der Waals surface area (Å²) in [6.45, 7) is 2.01. The Hall–Kier alpha value is -3.61. The summed E-state index contributed by atoms with van der Waals surface area (Å²) in [5.41, 5.74) is 0.374. The van der Waals surface area contributed by atoms with Gasteiger partial charge in [-0.15, -0.1) is 0 Å². The Morgan fingerprint density at radius 2 is 1.43 bits per heavy atom. The Morgan fingerprint density at radius 1 is 0.829 bits per heavy atom. The van der Waals surface area contributed by atoms with Gasteiger partial charge in [-0.1, -0.05) is 67.1 Å². The number of hydrogen-bond donors (Lipinski definition) is 0. The number of ketones is 2. The highest BCUT2D eigenvalue weighted by Gasteiger charge is 2.74. The number of rotatable bonds is 3. The fraction of sp³-hybridized carbons (Fsp3) is 0.214. The van der Waals surface area contributed by atoms with Gasteiger partial charge in [0.15, 0.2) is 0 Å². The Kier molecular flexibility index (Phi) is 4.82. The topological polar surface area (TPSA) is 80.8 Å². The van der Waals surface area contributed by atoms with Crippen LogP contribution in [-0.2, 0) is 20.7 Å². The summed E-state index contributed by atoms with van der Waals surface area (Å²) in [7, 11) is 0. The predicted molar refractivity (Wildman–Crippen MR) is 128 cm³/mol. The number of imide groups is 1. The number of Topliss-reactive ketones (excluding diaryl/α,β-unsaturated/α-hetero) is 2. The van der Waals surface area contributed by atoms with Crippen molar-refractivity contribution in [2.75, 3.05) is 4.90 Å². The van der Waals surface area contributed by atoms with Crippen LogP contribution >= 0.6 is 11.6 Å². The molecule has 0 radical (unpaired) electrons. The molecule has 1 spiro atoms. The van der Waals surface area contributed by atoms with E-state index < -0.39 is 46.9 Å². The second kappa shape index (κ2) is 7.70. The van der Waals surface area contributed by atoms with E-state index in [2.05, 4.69) is 0 Å². The lowest BCUT2D eigenvalue weighted by molar-refractivity contribution is -0.127. The zero-order valence-corrected chi connectivity index (χ0v) is 19.5. The van der Waals surface area contributed by atoms with Crippen LogP contribution < -0.4 is 4.90 Å². The molecule has 2 fully saturated rings. The van der Waals surface area contributed by atoms with Gasteiger partial charge in [-0.2, -0.15) is 0 Å². The number of fused-ring (bicyclic) bond motifs is 3. The number of amides is 2. The third-order valence-corrected chi connectivity index (χ3v) is 7.57. The highest BCUT2D eigenvalue weighted by molar-refractivity contribution is 6.37. The van der Waals surface area contributed by atoms with Gasteiger partial charge in [0.25, 0.3) is 0 Å². The zero-order valence-electron chi connectivity index (χ0n) is 18.7. The zero-order chi connectivity index (χ0) is 24.5. The number of anilines is 1. The second-order valence-corrected chi connectivity index (χ2v) is 9.50. The van der Waals surface area contributed by atoms with E-state index in [4.69, 9.17) is 16.3 Å². The summed E-state index contributed by atoms with van der Waals surface area (Å²) in [4.78, 5) is 56.3. The van der Waals surface area contributed by atoms with E-state index in [-0.39, 0.29) is 11.1 Å². The van der Waals surface area contributed by atoms with Crippen molar-refractivity contribution in [1.82, 2.24) is 0 Å². The molecule has 0 aromatic heterocycles. The number of halogens is 1. The first-order valence-corrected chi connectivity index (χ1v) is 11.8. The van der Waals surface area contributed by atoms with Crippen molar-refractivity contribution in [3.05, 3.63) is 100 Å². The lowest BCUT2D eigenvalue weighted by Crippen LogP contribution is -2.51. The minimum Gasteiger partial charge on any atom is -0.349 e. The lowest BCUT2D eigenvalue weighted by Gasteiger charge is -2.27. The van der Waals surface area contributed by atoms with Gasteiger partial charge in [0.2, 0.25) is 29.0 Å². The molecule has 0 saturated carbocycles. The summed E-state index contributed by atoms with van der Waals surface area (Å²) in [6.07, 6.45) is -0.152. The maximum atomic E-state index is 13.9. The summed E-state index contributed by atoms with van der Waals surface area (Å²) >= 11 is 6.06. The van der Waals surface area contributed by atoms with Gasteiger partial charge < -0.3 is 4.74 Å². The van der Waals surface area contributed by atoms with Crippen LogP contribution in [0.1, 0.15) is 44.9 Å². The van der Waals surface area contributed by atoms with Crippen LogP contribution in [0.4, 0.5) is 5.69 Å². The molecular formula is C28H20ClNO5. The average Bonchev–Trinajstić information content (AvgIpc) is 3.44. The van der Waals surface area contributed by atoms with E-state index in [0.717, 1.165) is 16.9 Å². The smallest absolute Gasteiger partial charge is 0.241 e. The Labute approximate surface area is 206 Å². The van der Waals surface area contributed by atoms with Gasteiger partial charge in [0, 0.05) is 16.1 Å². The molecule has 2 amide bonds. The van der Waals surface area contributed by atoms with Gasteiger partial charge in [-0.05, 0) is 41.8 Å². The fourth-order valence-electron chi connectivity index (χ4n) is 5.61. The van der Waals surface area contributed by atoms with Crippen molar-refractivity contribution in [1.29, 1.82) is 0 Å². The summed E-state index contributed by atoms with van der Waals surface area (Å²) < 4.78 is 6.26. The number of ether oxygens (including phenoxy) is 1. The van der Waals surface area contributed by atoms with Crippen LogP contribution in [0.25, 0.3) is 0 Å². The maximum absolute atomic E-state index is 13.9. The van der Waals surface area contributed by atoms with Crippen molar-refractivity contribution < 1.29 is 23.9 Å². The molecule has 3 atom stereocenters. The van der Waals surface area contributed by atoms with Crippen molar-refractivity contribution in [3.8, 4) is 0 Å². The minimum atomic E-state index is -2.08. The molecule has 0 N–H and O–H groups in total. The van der Waals surface area contributed by atoms with E-state index in [0.29, 0.717) is 16.3 Å². The van der Waals surface area contributed by atoms with Crippen LogP contribution in [0.15, 0.2) is 72.8 Å². The molecule has 6 nitrogen and oxygen atoms in total. The van der Waals surface area contributed by atoms with Crippen LogP contribution in [0.5, 0.6) is 0 Å². The van der Waals surface area contributed by atoms with Crippen LogP contribution in [0.3, 0.4) is 0 Å². The molecule has 2 aliphatic heterocycles. The number of aryl methyl sites for hydroxylation is 1. The van der Waals surface area contributed by atoms with Gasteiger partial charge >= 0.3 is 0 Å². The summed E-state index contributed by atoms with van der Waals surface area (Å²) in [6, 6.07) is 20.3. The van der Waals surface area contributed by atoms with E-state index in [1.807, 2.05) is 19.1 Å². The van der Waals surface area contributed by atoms with Crippen molar-refractivity contribution in [3.63, 3.8) is 0 Å². The largest absolute Gasteiger partial charge is 0.349 e. The van der Waals surface area contributed by atoms with Gasteiger partial charge in [-0.3, -0.25) is 19.2 Å². The Balaban J connectivity index is 1.52. The molecule has 7 heteroatoms. The second-order valence-electron chi connectivity index (χ2n) is 9.06. The molecule has 3 aromatic rings. The molecule has 35 heavy (non-hydrogen) atoms. The molecule has 0 bridgehead atoms. The molecule has 2 saturated heterocycles. The SMILES string of the molecule is CCc1ccc(N2C(=O)[C@H]3[C@@H](C2=O)C2(O[C@H]3c3ccc(Cl)cc3)C(=O)c3ccccc3C2=O)cc1. The summed E-state index contributed by atoms with van der Waals surface area (Å²) in [5.74, 6) is -4.54. The number of nitrogens with zero attached hydrogens (tertiary/aromatic N) is 1. The van der Waals surface area contributed by atoms with Crippen LogP contribution in [0.2, 0.25) is 5.02 Å². The monoisotopic (exact) mass is 485 g/mol. The number of carbonyl (C=O) groups is 4. The highest BCUT2D eigenvalue weighted by Crippen LogP contribution is 2.57. The van der Waals surface area contributed by atoms with E-state index in [9.17, 15) is 19.2 Å². The predicted octanol–water partition coefficient (Wildman–Crippen LogP) is 4.60. The van der Waals surface area contributed by atoms with E-state index in [1.54, 1.807) is 60.7 Å². The van der Waals surface area contributed by atoms with E-state index in [1.165, 1.54) is 0 Å². The first-order valence-electron chi connectivity index (χ1n) is 11.5. The van der Waals surface area contributed by atoms with E-state index >= 15 is 0 Å². The quantitative estimate of drug-likeness (QED) is 0.400. The van der Waals surface area contributed by atoms with Crippen LogP contribution in [-0.4, -0.2) is 29.0 Å². The molecule has 0 unspecified atom stereocenters. The minimum absolute atomic E-state index is 0.207. The number of hydrogen-bond acceptors (Lipinski definition) is 5. The van der Waals surface area contributed by atoms with Crippen molar-refractivity contribution in [2.45, 2.75) is 25.0 Å². The molecule has 6 rings (SSSR count). The van der Waals surface area contributed by atoms with Crippen molar-refractivity contribution >= 4 is 40.7 Å². The first-order chi connectivity index (χ1) is 16.9. The lowest BCUT2D eigenvalue weighted by atomic mass is 9.77. The molecule has 3 aliphatic rings. The standard InChI is InChI=1S/C28H20ClNO5/c1-2-15-7-13-18(14-8-15)30-26(33)21-22(27(30)34)28(35-23(21)16-9-11-17(29)12-10-16)24(31)19-5-3-4-6-20(19)25(28)32/h3-14,21-23H,2H2,1H3/t21-,22-,23-/m0/s1. The third kappa shape index (κ3) is 2.87. The first kappa shape index (κ1) is 21.9. The molecule has 1 aliphatic carbocycles. The van der Waals surface area contributed by atoms with Gasteiger partial charge in [-0.25, -0.2) is 4.90 Å². The fourth-order valence-corrected chi connectivity index (χ4v) is 5.73. The number of carbonyl (C=O) groups excluding carboxylic acids is 4. The molecule has 174 valence electrons. The molecule has 2 heterocycles. The van der Waals surface area contributed by atoms with Crippen LogP contribution in [0, 0.1) is 11.8 Å².